The van der Waals surface area contributed by atoms with Crippen LogP contribution in [-0.2, 0) is 9.47 Å². The minimum atomic E-state index is -1.07. The number of nitrogens with zero attached hydrogens (tertiary/aromatic N) is 2. The molecule has 2 heterocycles. The van der Waals surface area contributed by atoms with Crippen LogP contribution in [0.4, 0.5) is 5.95 Å². The van der Waals surface area contributed by atoms with Crippen molar-refractivity contribution in [2.75, 3.05) is 25.6 Å². The van der Waals surface area contributed by atoms with Gasteiger partial charge in [0.15, 0.2) is 5.69 Å². The van der Waals surface area contributed by atoms with E-state index in [2.05, 4.69) is 15.3 Å². The van der Waals surface area contributed by atoms with Crippen LogP contribution in [0.3, 0.4) is 0 Å². The smallest absolute Gasteiger partial charge is 0.354 e. The normalized spacial score (nSPS) is 23.0. The summed E-state index contributed by atoms with van der Waals surface area (Å²) in [6.07, 6.45) is -0.0811. The first-order valence-corrected chi connectivity index (χ1v) is 5.56. The molecule has 2 rings (SSSR count). The second-order valence-electron chi connectivity index (χ2n) is 4.09. The average Bonchev–Trinajstić information content (AvgIpc) is 2.75. The SMILES string of the molecule is CO[C@H]1COC[C@@H]1Nc1nc(C)cc(C(=O)O)n1. The lowest BCUT2D eigenvalue weighted by Crippen LogP contribution is -2.34. The molecule has 7 nitrogen and oxygen atoms in total. The summed E-state index contributed by atoms with van der Waals surface area (Å²) >= 11 is 0. The van der Waals surface area contributed by atoms with Crippen molar-refractivity contribution in [1.29, 1.82) is 0 Å². The molecule has 1 fully saturated rings. The van der Waals surface area contributed by atoms with E-state index in [-0.39, 0.29) is 23.8 Å². The Labute approximate surface area is 104 Å². The van der Waals surface area contributed by atoms with Crippen LogP contribution in [0.2, 0.25) is 0 Å². The Hall–Kier alpha value is -1.73. The summed E-state index contributed by atoms with van der Waals surface area (Å²) in [6.45, 7) is 2.71. The van der Waals surface area contributed by atoms with Crippen molar-refractivity contribution in [3.05, 3.63) is 17.5 Å². The van der Waals surface area contributed by atoms with E-state index >= 15 is 0 Å². The van der Waals surface area contributed by atoms with E-state index in [1.165, 1.54) is 6.07 Å². The van der Waals surface area contributed by atoms with Gasteiger partial charge in [-0.1, -0.05) is 0 Å². The van der Waals surface area contributed by atoms with Crippen LogP contribution < -0.4 is 5.32 Å². The maximum atomic E-state index is 10.9. The third kappa shape index (κ3) is 2.74. The van der Waals surface area contributed by atoms with Gasteiger partial charge in [0.2, 0.25) is 5.95 Å². The molecule has 0 spiro atoms. The van der Waals surface area contributed by atoms with Crippen molar-refractivity contribution >= 4 is 11.9 Å². The molecule has 0 saturated carbocycles. The molecule has 1 aliphatic rings. The second kappa shape index (κ2) is 5.28. The zero-order valence-electron chi connectivity index (χ0n) is 10.2. The molecule has 0 amide bonds. The third-order valence-corrected chi connectivity index (χ3v) is 2.72. The Balaban J connectivity index is 2.16. The van der Waals surface area contributed by atoms with E-state index in [0.29, 0.717) is 18.9 Å². The van der Waals surface area contributed by atoms with Crippen LogP contribution in [-0.4, -0.2) is 53.5 Å². The summed E-state index contributed by atoms with van der Waals surface area (Å²) in [4.78, 5) is 19.0. The number of carboxylic acids is 1. The highest BCUT2D eigenvalue weighted by atomic mass is 16.5. The van der Waals surface area contributed by atoms with Crippen LogP contribution in [0.5, 0.6) is 0 Å². The van der Waals surface area contributed by atoms with E-state index in [9.17, 15) is 4.79 Å². The Bertz CT molecular complexity index is 452. The van der Waals surface area contributed by atoms with Gasteiger partial charge in [-0.3, -0.25) is 0 Å². The molecule has 18 heavy (non-hydrogen) atoms. The maximum Gasteiger partial charge on any atom is 0.354 e. The molecule has 0 bridgehead atoms. The van der Waals surface area contributed by atoms with Crippen molar-refractivity contribution in [1.82, 2.24) is 9.97 Å². The number of aromatic carboxylic acids is 1. The van der Waals surface area contributed by atoms with Gasteiger partial charge in [-0.2, -0.15) is 0 Å². The molecule has 1 aromatic heterocycles. The summed E-state index contributed by atoms with van der Waals surface area (Å²) in [5, 5.41) is 12.0. The van der Waals surface area contributed by atoms with E-state index in [0.717, 1.165) is 0 Å². The predicted octanol–water partition coefficient (Wildman–Crippen LogP) is 0.309. The first kappa shape index (κ1) is 12.7. The van der Waals surface area contributed by atoms with Gasteiger partial charge in [-0.05, 0) is 13.0 Å². The van der Waals surface area contributed by atoms with Crippen LogP contribution in [0, 0.1) is 6.92 Å². The maximum absolute atomic E-state index is 10.9. The van der Waals surface area contributed by atoms with E-state index in [1.54, 1.807) is 14.0 Å². The number of ether oxygens (including phenoxy) is 2. The molecular formula is C11H15N3O4. The molecule has 0 radical (unpaired) electrons. The number of anilines is 1. The van der Waals surface area contributed by atoms with Crippen molar-refractivity contribution < 1.29 is 19.4 Å². The van der Waals surface area contributed by atoms with Gasteiger partial charge >= 0.3 is 5.97 Å². The third-order valence-electron chi connectivity index (χ3n) is 2.72. The quantitative estimate of drug-likeness (QED) is 0.797. The predicted molar refractivity (Wildman–Crippen MR) is 62.8 cm³/mol. The van der Waals surface area contributed by atoms with Gasteiger partial charge in [0.05, 0.1) is 19.3 Å². The van der Waals surface area contributed by atoms with Crippen LogP contribution >= 0.6 is 0 Å². The van der Waals surface area contributed by atoms with Crippen molar-refractivity contribution in [3.63, 3.8) is 0 Å². The molecule has 2 atom stereocenters. The number of carboxylic acid groups (broad SMARTS) is 1. The molecule has 7 heteroatoms. The summed E-state index contributed by atoms with van der Waals surface area (Å²) in [5.74, 6) is -0.792. The van der Waals surface area contributed by atoms with E-state index < -0.39 is 5.97 Å². The summed E-state index contributed by atoms with van der Waals surface area (Å²) in [5.41, 5.74) is 0.565. The Morgan fingerprint density at radius 2 is 2.33 bits per heavy atom. The monoisotopic (exact) mass is 253 g/mol. The number of nitrogens with one attached hydrogen (secondary N) is 1. The van der Waals surface area contributed by atoms with Gasteiger partial charge in [0.25, 0.3) is 0 Å². The fourth-order valence-electron chi connectivity index (χ4n) is 1.81. The highest BCUT2D eigenvalue weighted by Gasteiger charge is 2.28. The first-order chi connectivity index (χ1) is 8.60. The molecule has 0 aliphatic carbocycles. The number of carbonyl (C=O) groups is 1. The lowest BCUT2D eigenvalue weighted by atomic mass is 10.2. The Morgan fingerprint density at radius 1 is 1.56 bits per heavy atom. The first-order valence-electron chi connectivity index (χ1n) is 5.56. The number of aromatic nitrogens is 2. The molecule has 0 unspecified atom stereocenters. The highest BCUT2D eigenvalue weighted by molar-refractivity contribution is 5.85. The zero-order chi connectivity index (χ0) is 13.1. The molecule has 0 aromatic carbocycles. The number of hydrogen-bond donors (Lipinski definition) is 2. The van der Waals surface area contributed by atoms with Crippen LogP contribution in [0.1, 0.15) is 16.2 Å². The number of hydrogen-bond acceptors (Lipinski definition) is 6. The lowest BCUT2D eigenvalue weighted by Gasteiger charge is -2.17. The average molecular weight is 253 g/mol. The molecule has 2 N–H and O–H groups in total. The minimum Gasteiger partial charge on any atom is -0.477 e. The molecule has 98 valence electrons. The largest absolute Gasteiger partial charge is 0.477 e. The molecule has 1 saturated heterocycles. The summed E-state index contributed by atoms with van der Waals surface area (Å²) in [7, 11) is 1.60. The van der Waals surface area contributed by atoms with Crippen molar-refractivity contribution in [2.45, 2.75) is 19.1 Å². The van der Waals surface area contributed by atoms with E-state index in [1.807, 2.05) is 0 Å². The number of aryl methyl sites for hydroxylation is 1. The Morgan fingerprint density at radius 3 is 3.00 bits per heavy atom. The molecular weight excluding hydrogens is 238 g/mol. The second-order valence-corrected chi connectivity index (χ2v) is 4.09. The van der Waals surface area contributed by atoms with Crippen LogP contribution in [0.15, 0.2) is 6.07 Å². The standard InChI is InChI=1S/C11H15N3O4/c1-6-3-7(10(15)16)13-11(12-6)14-8-4-18-5-9(8)17-2/h3,8-9H,4-5H2,1-2H3,(H,15,16)(H,12,13,14)/t8-,9-/m0/s1. The van der Waals surface area contributed by atoms with Crippen molar-refractivity contribution in [3.8, 4) is 0 Å². The number of methoxy groups -OCH3 is 1. The zero-order valence-corrected chi connectivity index (χ0v) is 10.2. The van der Waals surface area contributed by atoms with Gasteiger partial charge < -0.3 is 19.9 Å². The fraction of sp³-hybridized carbons (Fsp3) is 0.545. The van der Waals surface area contributed by atoms with Crippen LogP contribution in [0.25, 0.3) is 0 Å². The van der Waals surface area contributed by atoms with Gasteiger partial charge in [-0.25, -0.2) is 14.8 Å². The number of rotatable bonds is 4. The highest BCUT2D eigenvalue weighted by Crippen LogP contribution is 2.14. The van der Waals surface area contributed by atoms with Gasteiger partial charge in [0, 0.05) is 12.8 Å². The fourth-order valence-corrected chi connectivity index (χ4v) is 1.81. The summed E-state index contributed by atoms with van der Waals surface area (Å²) in [6, 6.07) is 1.35. The lowest BCUT2D eigenvalue weighted by molar-refractivity contribution is 0.0690. The molecule has 1 aromatic rings. The Kier molecular flexibility index (Phi) is 3.73. The topological polar surface area (TPSA) is 93.6 Å². The minimum absolute atomic E-state index is 0.0297. The van der Waals surface area contributed by atoms with Crippen molar-refractivity contribution in [2.24, 2.45) is 0 Å². The summed E-state index contributed by atoms with van der Waals surface area (Å²) < 4.78 is 10.5. The van der Waals surface area contributed by atoms with Gasteiger partial charge in [-0.15, -0.1) is 0 Å². The van der Waals surface area contributed by atoms with Gasteiger partial charge in [0.1, 0.15) is 6.10 Å². The van der Waals surface area contributed by atoms with E-state index in [4.69, 9.17) is 14.6 Å². The molecule has 1 aliphatic heterocycles.